The number of fused-ring (bicyclic) bond motifs is 3. The summed E-state index contributed by atoms with van der Waals surface area (Å²) in [5.74, 6) is -3.45. The lowest BCUT2D eigenvalue weighted by Crippen LogP contribution is -2.66. The molecule has 1 saturated heterocycles. The molecule has 2 aromatic carbocycles. The monoisotopic (exact) mass is 522 g/mol. The van der Waals surface area contributed by atoms with Crippen molar-refractivity contribution in [2.75, 3.05) is 36.3 Å². The number of aromatic nitrogens is 1. The fourth-order valence-corrected chi connectivity index (χ4v) is 5.84. The molecule has 0 aliphatic carbocycles. The van der Waals surface area contributed by atoms with E-state index in [1.807, 2.05) is 0 Å². The van der Waals surface area contributed by atoms with Crippen molar-refractivity contribution >= 4 is 17.5 Å². The first-order chi connectivity index (χ1) is 18.4. The number of carbonyl (C=O) groups excluding carboxylic acids is 2. The molecule has 5 heterocycles. The van der Waals surface area contributed by atoms with Gasteiger partial charge in [0.2, 0.25) is 5.43 Å². The minimum absolute atomic E-state index is 0.0283. The van der Waals surface area contributed by atoms with Crippen LogP contribution in [0.1, 0.15) is 33.2 Å². The Kier molecular flexibility index (Phi) is 4.80. The van der Waals surface area contributed by atoms with Gasteiger partial charge < -0.3 is 24.4 Å². The molecule has 0 spiro atoms. The van der Waals surface area contributed by atoms with Crippen molar-refractivity contribution < 1.29 is 33.0 Å². The van der Waals surface area contributed by atoms with Gasteiger partial charge in [-0.2, -0.15) is 0 Å². The maximum absolute atomic E-state index is 15.5. The van der Waals surface area contributed by atoms with Crippen molar-refractivity contribution in [3.63, 3.8) is 0 Å². The van der Waals surface area contributed by atoms with Crippen LogP contribution in [0.25, 0.3) is 0 Å². The Bertz CT molecular complexity index is 1610. The van der Waals surface area contributed by atoms with E-state index in [2.05, 4.69) is 0 Å². The van der Waals surface area contributed by atoms with Gasteiger partial charge in [-0.25, -0.2) is 8.78 Å². The average molecular weight is 522 g/mol. The third-order valence-electron chi connectivity index (χ3n) is 7.53. The fraction of sp³-hybridized carbons (Fsp3) is 0.269. The van der Waals surface area contributed by atoms with Crippen molar-refractivity contribution in [2.24, 2.45) is 0 Å². The first-order valence-corrected chi connectivity index (χ1v) is 12.0. The molecule has 12 heteroatoms. The number of amides is 2. The van der Waals surface area contributed by atoms with Crippen LogP contribution in [0, 0.1) is 11.6 Å². The van der Waals surface area contributed by atoms with Crippen LogP contribution < -0.4 is 20.1 Å². The van der Waals surface area contributed by atoms with Crippen molar-refractivity contribution in [1.82, 2.24) is 9.58 Å². The van der Waals surface area contributed by atoms with Crippen LogP contribution in [-0.4, -0.2) is 59.0 Å². The summed E-state index contributed by atoms with van der Waals surface area (Å²) in [6.45, 7) is 0.00321. The number of morpholine rings is 1. The number of ether oxygens (including phenoxy) is 2. The number of pyridine rings is 1. The van der Waals surface area contributed by atoms with Gasteiger partial charge in [0, 0.05) is 29.9 Å². The van der Waals surface area contributed by atoms with Crippen molar-refractivity contribution in [2.45, 2.75) is 18.8 Å². The summed E-state index contributed by atoms with van der Waals surface area (Å²) in [7, 11) is 0. The lowest BCUT2D eigenvalue weighted by Gasteiger charge is -2.51. The minimum atomic E-state index is -1.09. The molecule has 0 bridgehead atoms. The highest BCUT2D eigenvalue weighted by atomic mass is 19.2. The predicted molar refractivity (Wildman–Crippen MR) is 128 cm³/mol. The molecular weight excluding hydrogens is 502 g/mol. The van der Waals surface area contributed by atoms with Gasteiger partial charge in [-0.05, 0) is 17.7 Å². The van der Waals surface area contributed by atoms with Gasteiger partial charge in [0.05, 0.1) is 25.4 Å². The number of anilines is 1. The van der Waals surface area contributed by atoms with Crippen molar-refractivity contribution in [3.05, 3.63) is 86.8 Å². The smallest absolute Gasteiger partial charge is 0.278 e. The molecule has 0 unspecified atom stereocenters. The van der Waals surface area contributed by atoms with E-state index in [1.54, 1.807) is 23.2 Å². The van der Waals surface area contributed by atoms with E-state index >= 15 is 4.39 Å². The zero-order chi connectivity index (χ0) is 26.3. The number of rotatable bonds is 1. The van der Waals surface area contributed by atoms with Gasteiger partial charge in [0.1, 0.15) is 18.0 Å². The number of halogens is 2. The Hall–Kier alpha value is -4.45. The van der Waals surface area contributed by atoms with E-state index in [4.69, 9.17) is 9.47 Å². The molecule has 38 heavy (non-hydrogen) atoms. The first-order valence-electron chi connectivity index (χ1n) is 12.0. The van der Waals surface area contributed by atoms with E-state index < -0.39 is 46.8 Å². The van der Waals surface area contributed by atoms with Gasteiger partial charge in [0.15, 0.2) is 29.7 Å². The predicted octanol–water partition coefficient (Wildman–Crippen LogP) is 1.61. The van der Waals surface area contributed by atoms with E-state index in [-0.39, 0.29) is 44.2 Å². The average Bonchev–Trinajstić information content (AvgIpc) is 3.07. The standard InChI is InChI=1S/C26H20F2N4O6/c27-16-5-4-13-15(21(16)28)10-30-20(34)12-38-18-3-1-2-14(23(18)30)22(13)32-19-11-37-9-8-29(19)26(36)24-25(35)17(33)6-7-31(24)32/h1-7,19,22,35H,8-12H2/t19-,22+/m1/s1. The maximum Gasteiger partial charge on any atom is 0.278 e. The summed E-state index contributed by atoms with van der Waals surface area (Å²) in [4.78, 5) is 41.7. The van der Waals surface area contributed by atoms with Crippen LogP contribution in [0.3, 0.4) is 0 Å². The molecule has 4 aliphatic heterocycles. The van der Waals surface area contributed by atoms with E-state index in [0.29, 0.717) is 22.6 Å². The van der Waals surface area contributed by atoms with Crippen LogP contribution in [0.4, 0.5) is 14.5 Å². The van der Waals surface area contributed by atoms with Gasteiger partial charge in [-0.15, -0.1) is 0 Å². The summed E-state index contributed by atoms with van der Waals surface area (Å²) in [6, 6.07) is 7.86. The largest absolute Gasteiger partial charge is 0.502 e. The number of benzene rings is 2. The second-order valence-corrected chi connectivity index (χ2v) is 9.45. The van der Waals surface area contributed by atoms with Crippen LogP contribution >= 0.6 is 0 Å². The molecule has 10 nitrogen and oxygen atoms in total. The molecule has 2 amide bonds. The Labute approximate surface area is 213 Å². The van der Waals surface area contributed by atoms with Gasteiger partial charge >= 0.3 is 0 Å². The van der Waals surface area contributed by atoms with Gasteiger partial charge in [-0.1, -0.05) is 18.2 Å². The normalized spacial score (nSPS) is 21.7. The Morgan fingerprint density at radius 3 is 2.71 bits per heavy atom. The first kappa shape index (κ1) is 22.7. The van der Waals surface area contributed by atoms with E-state index in [9.17, 15) is 23.9 Å². The van der Waals surface area contributed by atoms with E-state index in [0.717, 1.165) is 12.1 Å². The van der Waals surface area contributed by atoms with Crippen molar-refractivity contribution in [1.29, 1.82) is 0 Å². The van der Waals surface area contributed by atoms with E-state index in [1.165, 1.54) is 26.7 Å². The summed E-state index contributed by atoms with van der Waals surface area (Å²) in [6.07, 6.45) is 0.625. The number of hydrogen-bond acceptors (Lipinski definition) is 7. The molecule has 3 aromatic rings. The van der Waals surface area contributed by atoms with Crippen LogP contribution in [0.15, 0.2) is 47.4 Å². The lowest BCUT2D eigenvalue weighted by molar-refractivity contribution is -0.121. The highest BCUT2D eigenvalue weighted by molar-refractivity contribution is 6.00. The summed E-state index contributed by atoms with van der Waals surface area (Å²) < 4.78 is 42.8. The lowest BCUT2D eigenvalue weighted by atomic mass is 9.92. The number of hydrogen-bond donors (Lipinski definition) is 1. The zero-order valence-electron chi connectivity index (χ0n) is 19.8. The van der Waals surface area contributed by atoms with Crippen LogP contribution in [0.2, 0.25) is 0 Å². The molecule has 0 radical (unpaired) electrons. The molecule has 4 aliphatic rings. The SMILES string of the molecule is O=C1COc2cccc3c2N1Cc1c(ccc(F)c1F)[C@@H]3N1[C@@H]2COCCN2C(=O)c2c(O)c(=O)ccn21. The molecule has 0 saturated carbocycles. The minimum Gasteiger partial charge on any atom is -0.502 e. The molecule has 1 N–H and O–H groups in total. The highest BCUT2D eigenvalue weighted by Gasteiger charge is 2.47. The number of para-hydroxylation sites is 1. The summed E-state index contributed by atoms with van der Waals surface area (Å²) in [5.41, 5.74) is 0.273. The second kappa shape index (κ2) is 8.02. The Morgan fingerprint density at radius 1 is 1.03 bits per heavy atom. The van der Waals surface area contributed by atoms with Gasteiger partial charge in [-0.3, -0.25) is 24.1 Å². The molecule has 7 rings (SSSR count). The third kappa shape index (κ3) is 2.97. The number of carbonyl (C=O) groups is 2. The number of aromatic hydroxyl groups is 1. The number of nitrogens with zero attached hydrogens (tertiary/aromatic N) is 4. The Morgan fingerprint density at radius 2 is 1.87 bits per heavy atom. The third-order valence-corrected chi connectivity index (χ3v) is 7.53. The summed E-state index contributed by atoms with van der Waals surface area (Å²) >= 11 is 0. The molecular formula is C26H20F2N4O6. The molecule has 194 valence electrons. The van der Waals surface area contributed by atoms with Crippen LogP contribution in [0.5, 0.6) is 11.5 Å². The fourth-order valence-electron chi connectivity index (χ4n) is 5.84. The van der Waals surface area contributed by atoms with Crippen LogP contribution in [-0.2, 0) is 16.1 Å². The quantitative estimate of drug-likeness (QED) is 0.518. The highest BCUT2D eigenvalue weighted by Crippen LogP contribution is 2.48. The maximum atomic E-state index is 15.5. The molecule has 1 fully saturated rings. The molecule has 2 atom stereocenters. The molecule has 1 aromatic heterocycles. The second-order valence-electron chi connectivity index (χ2n) is 9.45. The zero-order valence-corrected chi connectivity index (χ0v) is 19.8. The summed E-state index contributed by atoms with van der Waals surface area (Å²) in [5, 5.41) is 12.4. The Balaban J connectivity index is 1.57. The topological polar surface area (TPSA) is 105 Å². The van der Waals surface area contributed by atoms with Gasteiger partial charge in [0.25, 0.3) is 11.8 Å². The van der Waals surface area contributed by atoms with Crippen molar-refractivity contribution in [3.8, 4) is 11.5 Å².